The zero-order valence-corrected chi connectivity index (χ0v) is 12.0. The molecule has 2 rings (SSSR count). The Hall–Kier alpha value is -2.70. The third-order valence-corrected chi connectivity index (χ3v) is 2.88. The molecule has 0 fully saturated rings. The molecule has 0 unspecified atom stereocenters. The normalized spacial score (nSPS) is 11.2. The number of pyridine rings is 1. The van der Waals surface area contributed by atoms with Gasteiger partial charge in [-0.3, -0.25) is 14.9 Å². The van der Waals surface area contributed by atoms with E-state index in [1.165, 1.54) is 18.3 Å². The Labute approximate surface area is 121 Å². The number of nitrogens with one attached hydrogen (secondary N) is 2. The Kier molecular flexibility index (Phi) is 3.75. The van der Waals surface area contributed by atoms with Crippen molar-refractivity contribution >= 4 is 17.7 Å². The Morgan fingerprint density at radius 1 is 1.33 bits per heavy atom. The number of nitrogens with zero attached hydrogens (tertiary/aromatic N) is 2. The fourth-order valence-corrected chi connectivity index (χ4v) is 1.70. The molecule has 3 N–H and O–H groups in total. The van der Waals surface area contributed by atoms with Crippen molar-refractivity contribution in [1.82, 2.24) is 15.2 Å². The number of aromatic nitrogens is 3. The molecule has 2 heterocycles. The summed E-state index contributed by atoms with van der Waals surface area (Å²) in [6.45, 7) is 6.02. The number of hydrogen-bond donors (Lipinski definition) is 3. The van der Waals surface area contributed by atoms with Crippen LogP contribution in [-0.2, 0) is 5.41 Å². The molecule has 0 aromatic carbocycles. The summed E-state index contributed by atoms with van der Waals surface area (Å²) in [6.07, 6.45) is 1.37. The first-order valence-corrected chi connectivity index (χ1v) is 6.34. The molecule has 0 atom stereocenters. The van der Waals surface area contributed by atoms with Crippen molar-refractivity contribution in [3.05, 3.63) is 41.3 Å². The van der Waals surface area contributed by atoms with Gasteiger partial charge in [0.25, 0.3) is 5.91 Å². The molecule has 0 aliphatic heterocycles. The summed E-state index contributed by atoms with van der Waals surface area (Å²) in [4.78, 5) is 27.0. The lowest BCUT2D eigenvalue weighted by atomic mass is 9.92. The third kappa shape index (κ3) is 3.25. The van der Waals surface area contributed by atoms with Gasteiger partial charge in [-0.15, -0.1) is 0 Å². The minimum Gasteiger partial charge on any atom is -0.478 e. The second-order valence-corrected chi connectivity index (χ2v) is 5.58. The molecule has 0 saturated heterocycles. The van der Waals surface area contributed by atoms with E-state index in [0.717, 1.165) is 5.69 Å². The van der Waals surface area contributed by atoms with Crippen LogP contribution in [0.25, 0.3) is 0 Å². The van der Waals surface area contributed by atoms with Crippen molar-refractivity contribution in [3.8, 4) is 0 Å². The van der Waals surface area contributed by atoms with Crippen molar-refractivity contribution < 1.29 is 14.7 Å². The van der Waals surface area contributed by atoms with Crippen LogP contribution in [0.4, 0.5) is 5.82 Å². The molecule has 0 aliphatic rings. The maximum atomic E-state index is 12.1. The molecular formula is C14H16N4O3. The molecule has 7 heteroatoms. The van der Waals surface area contributed by atoms with Crippen LogP contribution in [-0.4, -0.2) is 32.2 Å². The smallest absolute Gasteiger partial charge is 0.338 e. The Balaban J connectivity index is 2.23. The summed E-state index contributed by atoms with van der Waals surface area (Å²) in [6, 6.07) is 4.50. The zero-order chi connectivity index (χ0) is 15.6. The van der Waals surface area contributed by atoms with Gasteiger partial charge in [0.05, 0.1) is 5.56 Å². The molecule has 0 aliphatic carbocycles. The van der Waals surface area contributed by atoms with E-state index in [0.29, 0.717) is 5.82 Å². The number of aromatic carboxylic acids is 1. The van der Waals surface area contributed by atoms with Crippen LogP contribution in [0.15, 0.2) is 24.4 Å². The minimum atomic E-state index is -1.20. The molecule has 0 spiro atoms. The molecular weight excluding hydrogens is 272 g/mol. The number of carbonyl (C=O) groups is 2. The average molecular weight is 288 g/mol. The van der Waals surface area contributed by atoms with Crippen molar-refractivity contribution in [1.29, 1.82) is 0 Å². The first kappa shape index (κ1) is 14.7. The lowest BCUT2D eigenvalue weighted by Crippen LogP contribution is -2.18. The van der Waals surface area contributed by atoms with Crippen molar-refractivity contribution in [2.45, 2.75) is 26.2 Å². The van der Waals surface area contributed by atoms with E-state index in [9.17, 15) is 9.59 Å². The monoisotopic (exact) mass is 288 g/mol. The standard InChI is InChI=1S/C14H16N4O3/c1-14(2,3)9-7-10(18-17-9)16-12(19)11-8(13(20)21)5-4-6-15-11/h4-7H,1-3H3,(H,20,21)(H2,16,17,18,19). The number of anilines is 1. The lowest BCUT2D eigenvalue weighted by Gasteiger charge is -2.14. The number of H-pyrrole nitrogens is 1. The van der Waals surface area contributed by atoms with Crippen LogP contribution in [0.1, 0.15) is 47.3 Å². The van der Waals surface area contributed by atoms with Gasteiger partial charge in [0.2, 0.25) is 0 Å². The predicted octanol–water partition coefficient (Wildman–Crippen LogP) is 2.05. The van der Waals surface area contributed by atoms with E-state index >= 15 is 0 Å². The van der Waals surface area contributed by atoms with Gasteiger partial charge in [0.15, 0.2) is 5.82 Å². The zero-order valence-electron chi connectivity index (χ0n) is 12.0. The fraction of sp³-hybridized carbons (Fsp3) is 0.286. The lowest BCUT2D eigenvalue weighted by molar-refractivity contribution is 0.0691. The van der Waals surface area contributed by atoms with Crippen LogP contribution in [0, 0.1) is 0 Å². The summed E-state index contributed by atoms with van der Waals surface area (Å²) in [5, 5.41) is 18.4. The highest BCUT2D eigenvalue weighted by Crippen LogP contribution is 2.22. The molecule has 21 heavy (non-hydrogen) atoms. The summed E-state index contributed by atoms with van der Waals surface area (Å²) in [5.74, 6) is -1.49. The molecule has 7 nitrogen and oxygen atoms in total. The van der Waals surface area contributed by atoms with Crippen molar-refractivity contribution in [2.24, 2.45) is 0 Å². The van der Waals surface area contributed by atoms with Crippen LogP contribution in [0.5, 0.6) is 0 Å². The molecule has 2 aromatic heterocycles. The molecule has 1 amide bonds. The van der Waals surface area contributed by atoms with Gasteiger partial charge >= 0.3 is 5.97 Å². The number of carbonyl (C=O) groups excluding carboxylic acids is 1. The summed E-state index contributed by atoms with van der Waals surface area (Å²) in [7, 11) is 0. The summed E-state index contributed by atoms with van der Waals surface area (Å²) in [5.41, 5.74) is 0.428. The van der Waals surface area contributed by atoms with Crippen molar-refractivity contribution in [3.63, 3.8) is 0 Å². The van der Waals surface area contributed by atoms with E-state index in [1.807, 2.05) is 20.8 Å². The van der Waals surface area contributed by atoms with Gasteiger partial charge in [-0.25, -0.2) is 4.79 Å². The Morgan fingerprint density at radius 3 is 2.62 bits per heavy atom. The summed E-state index contributed by atoms with van der Waals surface area (Å²) >= 11 is 0. The average Bonchev–Trinajstić information content (AvgIpc) is 2.87. The van der Waals surface area contributed by atoms with Gasteiger partial charge in [-0.2, -0.15) is 5.10 Å². The van der Waals surface area contributed by atoms with E-state index in [2.05, 4.69) is 20.5 Å². The maximum Gasteiger partial charge on any atom is 0.338 e. The van der Waals surface area contributed by atoms with Gasteiger partial charge < -0.3 is 10.4 Å². The highest BCUT2D eigenvalue weighted by Gasteiger charge is 2.20. The molecule has 110 valence electrons. The highest BCUT2D eigenvalue weighted by molar-refractivity contribution is 6.08. The van der Waals surface area contributed by atoms with E-state index in [-0.39, 0.29) is 16.7 Å². The van der Waals surface area contributed by atoms with Crippen LogP contribution < -0.4 is 5.32 Å². The number of aromatic amines is 1. The van der Waals surface area contributed by atoms with E-state index in [4.69, 9.17) is 5.11 Å². The number of rotatable bonds is 3. The van der Waals surface area contributed by atoms with Gasteiger partial charge in [-0.05, 0) is 12.1 Å². The summed E-state index contributed by atoms with van der Waals surface area (Å²) < 4.78 is 0. The quantitative estimate of drug-likeness (QED) is 0.801. The Bertz CT molecular complexity index is 686. The molecule has 2 aromatic rings. The van der Waals surface area contributed by atoms with Crippen LogP contribution in [0.3, 0.4) is 0 Å². The second-order valence-electron chi connectivity index (χ2n) is 5.58. The number of carboxylic acid groups (broad SMARTS) is 1. The third-order valence-electron chi connectivity index (χ3n) is 2.88. The van der Waals surface area contributed by atoms with Crippen molar-refractivity contribution in [2.75, 3.05) is 5.32 Å². The van der Waals surface area contributed by atoms with Crippen LogP contribution >= 0.6 is 0 Å². The molecule has 0 bridgehead atoms. The topological polar surface area (TPSA) is 108 Å². The maximum absolute atomic E-state index is 12.1. The van der Waals surface area contributed by atoms with Crippen LogP contribution in [0.2, 0.25) is 0 Å². The highest BCUT2D eigenvalue weighted by atomic mass is 16.4. The first-order chi connectivity index (χ1) is 9.79. The van der Waals surface area contributed by atoms with Gasteiger partial charge in [0, 0.05) is 23.4 Å². The largest absolute Gasteiger partial charge is 0.478 e. The molecule has 0 saturated carbocycles. The molecule has 0 radical (unpaired) electrons. The Morgan fingerprint density at radius 2 is 2.05 bits per heavy atom. The number of carboxylic acids is 1. The fourth-order valence-electron chi connectivity index (χ4n) is 1.70. The van der Waals surface area contributed by atoms with E-state index in [1.54, 1.807) is 6.07 Å². The number of hydrogen-bond acceptors (Lipinski definition) is 4. The second kappa shape index (κ2) is 5.35. The first-order valence-electron chi connectivity index (χ1n) is 6.34. The van der Waals surface area contributed by atoms with Gasteiger partial charge in [-0.1, -0.05) is 20.8 Å². The van der Waals surface area contributed by atoms with E-state index < -0.39 is 11.9 Å². The predicted molar refractivity (Wildman–Crippen MR) is 76.4 cm³/mol. The number of amides is 1. The van der Waals surface area contributed by atoms with Gasteiger partial charge in [0.1, 0.15) is 5.69 Å². The SMILES string of the molecule is CC(C)(C)c1cc(NC(=O)c2ncccc2C(=O)O)n[nH]1. The minimum absolute atomic E-state index is 0.132.